The van der Waals surface area contributed by atoms with Gasteiger partial charge in [-0.05, 0) is 18.1 Å². The van der Waals surface area contributed by atoms with Gasteiger partial charge in [-0.2, -0.15) is 0 Å². The lowest BCUT2D eigenvalue weighted by molar-refractivity contribution is -0.120. The van der Waals surface area contributed by atoms with Gasteiger partial charge in [-0.3, -0.25) is 9.59 Å². The molecule has 2 unspecified atom stereocenters. The Hall–Kier alpha value is -1.44. The van der Waals surface area contributed by atoms with E-state index in [-0.39, 0.29) is 11.6 Å². The number of carbonyl (C=O) groups is 2. The number of primary amides is 1. The van der Waals surface area contributed by atoms with Crippen LogP contribution in [0, 0.1) is 5.92 Å². The third kappa shape index (κ3) is 3.85. The second-order valence-electron chi connectivity index (χ2n) is 4.88. The first-order valence-corrected chi connectivity index (χ1v) is 8.81. The first-order valence-electron chi connectivity index (χ1n) is 6.73. The Morgan fingerprint density at radius 2 is 2.18 bits per heavy atom. The lowest BCUT2D eigenvalue weighted by atomic mass is 9.98. The molecule has 0 aliphatic rings. The first kappa shape index (κ1) is 16.9. The van der Waals surface area contributed by atoms with Crippen LogP contribution in [0.2, 0.25) is 4.34 Å². The van der Waals surface area contributed by atoms with Crippen molar-refractivity contribution < 1.29 is 9.59 Å². The Bertz CT molecular complexity index is 683. The van der Waals surface area contributed by atoms with Crippen LogP contribution in [0.4, 0.5) is 0 Å². The number of rotatable bonds is 6. The van der Waals surface area contributed by atoms with Crippen LogP contribution in [0.3, 0.4) is 0 Å². The zero-order valence-corrected chi connectivity index (χ0v) is 14.5. The molecule has 0 aromatic carbocycles. The molecule has 5 nitrogen and oxygen atoms in total. The van der Waals surface area contributed by atoms with E-state index in [1.165, 1.54) is 22.7 Å². The molecule has 2 amide bonds. The molecule has 2 rings (SSSR count). The van der Waals surface area contributed by atoms with Gasteiger partial charge < -0.3 is 11.1 Å². The predicted molar refractivity (Wildman–Crippen MR) is 90.3 cm³/mol. The van der Waals surface area contributed by atoms with Crippen molar-refractivity contribution in [3.8, 4) is 9.88 Å². The van der Waals surface area contributed by atoms with Crippen LogP contribution < -0.4 is 11.1 Å². The van der Waals surface area contributed by atoms with Gasteiger partial charge >= 0.3 is 0 Å². The molecule has 0 radical (unpaired) electrons. The number of carbonyl (C=O) groups excluding carboxylic acids is 2. The van der Waals surface area contributed by atoms with Gasteiger partial charge in [-0.25, -0.2) is 4.98 Å². The summed E-state index contributed by atoms with van der Waals surface area (Å²) >= 11 is 8.66. The molecule has 0 saturated heterocycles. The molecular weight excluding hydrogens is 342 g/mol. The van der Waals surface area contributed by atoms with E-state index in [2.05, 4.69) is 10.3 Å². The Morgan fingerprint density at radius 1 is 1.45 bits per heavy atom. The van der Waals surface area contributed by atoms with Crippen molar-refractivity contribution in [3.63, 3.8) is 0 Å². The molecule has 0 saturated carbocycles. The van der Waals surface area contributed by atoms with E-state index in [1.807, 2.05) is 19.9 Å². The molecule has 0 fully saturated rings. The number of amides is 2. The molecule has 3 N–H and O–H groups in total. The molecule has 2 heterocycles. The number of thiazole rings is 1. The smallest absolute Gasteiger partial charge is 0.271 e. The van der Waals surface area contributed by atoms with Gasteiger partial charge in [0.1, 0.15) is 16.7 Å². The van der Waals surface area contributed by atoms with E-state index in [4.69, 9.17) is 17.3 Å². The molecule has 118 valence electrons. The summed E-state index contributed by atoms with van der Waals surface area (Å²) in [5, 5.41) is 5.04. The molecular formula is C14H16ClN3O2S2. The van der Waals surface area contributed by atoms with Gasteiger partial charge in [-0.1, -0.05) is 31.9 Å². The summed E-state index contributed by atoms with van der Waals surface area (Å²) in [5.74, 6) is -0.965. The number of hydrogen-bond donors (Lipinski definition) is 2. The second kappa shape index (κ2) is 7.21. The van der Waals surface area contributed by atoms with Gasteiger partial charge in [0.25, 0.3) is 5.91 Å². The molecule has 2 aromatic rings. The number of thiophene rings is 1. The van der Waals surface area contributed by atoms with Crippen molar-refractivity contribution in [1.82, 2.24) is 10.3 Å². The van der Waals surface area contributed by atoms with Crippen LogP contribution in [0.25, 0.3) is 9.88 Å². The number of aromatic nitrogens is 1. The van der Waals surface area contributed by atoms with E-state index in [9.17, 15) is 9.59 Å². The molecule has 0 aliphatic carbocycles. The first-order chi connectivity index (χ1) is 10.4. The van der Waals surface area contributed by atoms with Gasteiger partial charge in [0.05, 0.1) is 9.21 Å². The Kier molecular flexibility index (Phi) is 5.55. The molecule has 22 heavy (non-hydrogen) atoms. The number of nitrogens with one attached hydrogen (secondary N) is 1. The second-order valence-corrected chi connectivity index (χ2v) is 7.45. The highest BCUT2D eigenvalue weighted by atomic mass is 35.5. The van der Waals surface area contributed by atoms with Crippen LogP contribution in [-0.4, -0.2) is 22.8 Å². The summed E-state index contributed by atoms with van der Waals surface area (Å²) in [4.78, 5) is 28.9. The fourth-order valence-corrected chi connectivity index (χ4v) is 3.78. The lowest BCUT2D eigenvalue weighted by Gasteiger charge is -2.20. The standard InChI is InChI=1S/C14H16ClN3O2S2/c1-3-7(2)11(12(16)19)18-13(20)8-6-21-14(17-8)9-4-5-10(15)22-9/h4-7,11H,3H2,1-2H3,(H2,16,19)(H,18,20). The minimum absolute atomic E-state index is 0.0318. The highest BCUT2D eigenvalue weighted by molar-refractivity contribution is 7.23. The summed E-state index contributed by atoms with van der Waals surface area (Å²) in [6.07, 6.45) is 0.740. The van der Waals surface area contributed by atoms with Gasteiger partial charge in [-0.15, -0.1) is 22.7 Å². The third-order valence-corrected chi connectivity index (χ3v) is 5.57. The zero-order valence-electron chi connectivity index (χ0n) is 12.1. The van der Waals surface area contributed by atoms with Crippen molar-refractivity contribution >= 4 is 46.1 Å². The van der Waals surface area contributed by atoms with Crippen LogP contribution >= 0.6 is 34.3 Å². The SMILES string of the molecule is CCC(C)C(NC(=O)c1csc(-c2ccc(Cl)s2)n1)C(N)=O. The maximum Gasteiger partial charge on any atom is 0.271 e. The molecule has 8 heteroatoms. The van der Waals surface area contributed by atoms with Crippen molar-refractivity contribution in [1.29, 1.82) is 0 Å². The molecule has 0 aliphatic heterocycles. The average molecular weight is 358 g/mol. The van der Waals surface area contributed by atoms with Crippen molar-refractivity contribution in [3.05, 3.63) is 27.5 Å². The maximum atomic E-state index is 12.2. The summed E-state index contributed by atoms with van der Waals surface area (Å²) in [5.41, 5.74) is 5.63. The third-order valence-electron chi connectivity index (χ3n) is 3.33. The Balaban J connectivity index is 2.13. The highest BCUT2D eigenvalue weighted by Crippen LogP contribution is 2.32. The van der Waals surface area contributed by atoms with Gasteiger partial charge in [0, 0.05) is 5.38 Å². The summed E-state index contributed by atoms with van der Waals surface area (Å²) in [7, 11) is 0. The van der Waals surface area contributed by atoms with E-state index in [0.29, 0.717) is 4.34 Å². The number of nitrogens with two attached hydrogens (primary N) is 1. The van der Waals surface area contributed by atoms with Crippen molar-refractivity contribution in [2.75, 3.05) is 0 Å². The lowest BCUT2D eigenvalue weighted by Crippen LogP contribution is -2.48. The number of hydrogen-bond acceptors (Lipinski definition) is 5. The van der Waals surface area contributed by atoms with E-state index in [0.717, 1.165) is 16.3 Å². The molecule has 2 atom stereocenters. The summed E-state index contributed by atoms with van der Waals surface area (Å²) in [6.45, 7) is 3.81. The Labute approximate surface area is 141 Å². The minimum Gasteiger partial charge on any atom is -0.368 e. The highest BCUT2D eigenvalue weighted by Gasteiger charge is 2.25. The minimum atomic E-state index is -0.696. The largest absolute Gasteiger partial charge is 0.368 e. The summed E-state index contributed by atoms with van der Waals surface area (Å²) in [6, 6.07) is 2.95. The average Bonchev–Trinajstić information content (AvgIpc) is 3.11. The van der Waals surface area contributed by atoms with E-state index < -0.39 is 17.9 Å². The molecule has 0 bridgehead atoms. The van der Waals surface area contributed by atoms with Crippen LogP contribution in [-0.2, 0) is 4.79 Å². The molecule has 2 aromatic heterocycles. The van der Waals surface area contributed by atoms with Crippen LogP contribution in [0.1, 0.15) is 30.8 Å². The van der Waals surface area contributed by atoms with E-state index in [1.54, 1.807) is 11.4 Å². The van der Waals surface area contributed by atoms with Gasteiger partial charge in [0.2, 0.25) is 5.91 Å². The fourth-order valence-electron chi connectivity index (χ4n) is 1.87. The monoisotopic (exact) mass is 357 g/mol. The number of halogens is 1. The normalized spacial score (nSPS) is 13.6. The number of nitrogens with zero attached hydrogens (tertiary/aromatic N) is 1. The quantitative estimate of drug-likeness (QED) is 0.832. The predicted octanol–water partition coefficient (Wildman–Crippen LogP) is 3.15. The van der Waals surface area contributed by atoms with Gasteiger partial charge in [0.15, 0.2) is 0 Å². The summed E-state index contributed by atoms with van der Waals surface area (Å²) < 4.78 is 0.668. The van der Waals surface area contributed by atoms with Crippen molar-refractivity contribution in [2.24, 2.45) is 11.7 Å². The maximum absolute atomic E-state index is 12.2. The fraction of sp³-hybridized carbons (Fsp3) is 0.357. The van der Waals surface area contributed by atoms with Crippen molar-refractivity contribution in [2.45, 2.75) is 26.3 Å². The topological polar surface area (TPSA) is 85.1 Å². The van der Waals surface area contributed by atoms with Crippen LogP contribution in [0.5, 0.6) is 0 Å². The Morgan fingerprint density at radius 3 is 2.73 bits per heavy atom. The van der Waals surface area contributed by atoms with Crippen LogP contribution in [0.15, 0.2) is 17.5 Å². The van der Waals surface area contributed by atoms with E-state index >= 15 is 0 Å². The zero-order chi connectivity index (χ0) is 16.3. The molecule has 0 spiro atoms.